The van der Waals surface area contributed by atoms with E-state index >= 15 is 0 Å². The van der Waals surface area contributed by atoms with Gasteiger partial charge in [0, 0.05) is 0 Å². The second-order valence-corrected chi connectivity index (χ2v) is 9.72. The van der Waals surface area contributed by atoms with Gasteiger partial charge in [0.2, 0.25) is 0 Å². The number of cyclic esters (lactones) is 8. The van der Waals surface area contributed by atoms with Crippen molar-refractivity contribution in [2.75, 3.05) is 0 Å². The van der Waals surface area contributed by atoms with Crippen LogP contribution in [-0.2, 0) is 18.9 Å². The largest absolute Gasteiger partial charge is 0.386 e. The van der Waals surface area contributed by atoms with Gasteiger partial charge in [-0.25, -0.2) is 38.4 Å². The molecule has 4 heterocycles. The van der Waals surface area contributed by atoms with Gasteiger partial charge < -0.3 is 18.9 Å². The number of rotatable bonds is 2. The normalized spacial score (nSPS) is 15.5. The number of hydrogen-bond acceptors (Lipinski definition) is 12. The molecule has 212 valence electrons. The summed E-state index contributed by atoms with van der Waals surface area (Å²) in [5.41, 5.74) is 3.68. The summed E-state index contributed by atoms with van der Waals surface area (Å²) in [5, 5.41) is 0. The van der Waals surface area contributed by atoms with Crippen molar-refractivity contribution in [3.05, 3.63) is 117 Å². The molecule has 0 N–H and O–H groups in total. The molecular formula is C32H12O12. The molecule has 0 unspecified atom stereocenters. The number of fused-ring (bicyclic) bond motifs is 4. The maximum atomic E-state index is 11.8. The molecule has 0 amide bonds. The zero-order chi connectivity index (χ0) is 30.9. The van der Waals surface area contributed by atoms with E-state index in [1.807, 2.05) is 0 Å². The third-order valence-electron chi connectivity index (χ3n) is 7.25. The summed E-state index contributed by atoms with van der Waals surface area (Å²) in [7, 11) is 0. The average molecular weight is 588 g/mol. The number of carbonyl (C=O) groups is 8. The Bertz CT molecular complexity index is 2040. The van der Waals surface area contributed by atoms with Crippen molar-refractivity contribution >= 4 is 47.8 Å². The molecule has 0 radical (unpaired) electrons. The van der Waals surface area contributed by atoms with Crippen LogP contribution in [-0.4, -0.2) is 47.8 Å². The van der Waals surface area contributed by atoms with Crippen molar-refractivity contribution in [3.63, 3.8) is 0 Å². The molecule has 0 saturated heterocycles. The third-order valence-corrected chi connectivity index (χ3v) is 7.25. The van der Waals surface area contributed by atoms with E-state index in [9.17, 15) is 38.4 Å². The highest BCUT2D eigenvalue weighted by Crippen LogP contribution is 2.34. The minimum Gasteiger partial charge on any atom is -0.386 e. The van der Waals surface area contributed by atoms with Crippen molar-refractivity contribution in [2.45, 2.75) is 0 Å². The van der Waals surface area contributed by atoms with Crippen LogP contribution in [0.1, 0.15) is 82.9 Å². The van der Waals surface area contributed by atoms with E-state index in [-0.39, 0.29) is 44.5 Å². The van der Waals surface area contributed by atoms with E-state index in [1.54, 1.807) is 30.3 Å². The van der Waals surface area contributed by atoms with Gasteiger partial charge in [-0.05, 0) is 64.7 Å². The fraction of sp³-hybridized carbons (Fsp3) is 0. The molecule has 12 heteroatoms. The van der Waals surface area contributed by atoms with Crippen molar-refractivity contribution < 1.29 is 57.3 Å². The Kier molecular flexibility index (Phi) is 5.68. The molecule has 0 atom stereocenters. The van der Waals surface area contributed by atoms with E-state index in [1.165, 1.54) is 42.5 Å². The monoisotopic (exact) mass is 588 g/mol. The van der Waals surface area contributed by atoms with Crippen LogP contribution in [0, 0.1) is 0 Å². The van der Waals surface area contributed by atoms with Gasteiger partial charge in [0.05, 0.1) is 44.5 Å². The first kappa shape index (κ1) is 26.3. The van der Waals surface area contributed by atoms with E-state index in [0.29, 0.717) is 22.3 Å². The second kappa shape index (κ2) is 9.49. The highest BCUT2D eigenvalue weighted by atomic mass is 16.6. The Labute approximate surface area is 244 Å². The number of carbonyl (C=O) groups excluding carboxylic acids is 8. The quantitative estimate of drug-likeness (QED) is 0.188. The number of esters is 8. The first-order chi connectivity index (χ1) is 21.1. The lowest BCUT2D eigenvalue weighted by Gasteiger charge is -2.06. The summed E-state index contributed by atoms with van der Waals surface area (Å²) in [4.78, 5) is 92.5. The van der Waals surface area contributed by atoms with Gasteiger partial charge >= 0.3 is 47.8 Å². The molecule has 4 aromatic carbocycles. The summed E-state index contributed by atoms with van der Waals surface area (Å²) in [6.45, 7) is 0. The first-order valence-electron chi connectivity index (χ1n) is 12.7. The van der Waals surface area contributed by atoms with E-state index < -0.39 is 47.8 Å². The summed E-state index contributed by atoms with van der Waals surface area (Å²) >= 11 is 0. The maximum absolute atomic E-state index is 11.8. The molecule has 8 rings (SSSR count). The van der Waals surface area contributed by atoms with Crippen LogP contribution in [0.3, 0.4) is 0 Å². The molecule has 44 heavy (non-hydrogen) atoms. The van der Waals surface area contributed by atoms with Gasteiger partial charge in [0.1, 0.15) is 0 Å². The molecular weight excluding hydrogens is 576 g/mol. The topological polar surface area (TPSA) is 173 Å². The molecule has 4 aromatic rings. The number of hydrogen-bond donors (Lipinski definition) is 0. The van der Waals surface area contributed by atoms with Crippen LogP contribution >= 0.6 is 0 Å². The summed E-state index contributed by atoms with van der Waals surface area (Å²) in [5.74, 6) is -5.58. The fourth-order valence-electron chi connectivity index (χ4n) is 5.16. The van der Waals surface area contributed by atoms with Gasteiger partial charge in [-0.1, -0.05) is 30.3 Å². The van der Waals surface area contributed by atoms with Gasteiger partial charge in [0.25, 0.3) is 0 Å². The predicted octanol–water partition coefficient (Wildman–Crippen LogP) is 3.95. The van der Waals surface area contributed by atoms with Crippen LogP contribution in [0.4, 0.5) is 0 Å². The van der Waals surface area contributed by atoms with Crippen molar-refractivity contribution in [1.29, 1.82) is 0 Å². The van der Waals surface area contributed by atoms with Crippen molar-refractivity contribution in [2.24, 2.45) is 0 Å². The molecule has 0 spiro atoms. The second-order valence-electron chi connectivity index (χ2n) is 9.72. The fourth-order valence-corrected chi connectivity index (χ4v) is 5.16. The van der Waals surface area contributed by atoms with E-state index in [0.717, 1.165) is 0 Å². The summed E-state index contributed by atoms with van der Waals surface area (Å²) in [6, 6.07) is 18.6. The maximum Gasteiger partial charge on any atom is 0.347 e. The minimum absolute atomic E-state index is 0.137. The molecule has 0 fully saturated rings. The van der Waals surface area contributed by atoms with Gasteiger partial charge in [-0.3, -0.25) is 0 Å². The molecule has 4 aliphatic rings. The summed E-state index contributed by atoms with van der Waals surface area (Å²) < 4.78 is 18.2. The molecule has 0 saturated carbocycles. The lowest BCUT2D eigenvalue weighted by Crippen LogP contribution is -1.99. The van der Waals surface area contributed by atoms with E-state index in [4.69, 9.17) is 0 Å². The van der Waals surface area contributed by atoms with Crippen LogP contribution in [0.2, 0.25) is 0 Å². The van der Waals surface area contributed by atoms with Crippen LogP contribution < -0.4 is 0 Å². The molecule has 4 aliphatic heterocycles. The third kappa shape index (κ3) is 4.01. The lowest BCUT2D eigenvalue weighted by molar-refractivity contribution is 0.0425. The van der Waals surface area contributed by atoms with E-state index in [2.05, 4.69) is 18.9 Å². The standard InChI is InChI=1S/2C16H6O6/c17-13-9-3-1-7(5-11(9)15(19)21-13)8-2-4-10-12(6-8)16(20)22-14(10)18;17-13-9-5-4-7(6-11(9)15(19)21-13)8-2-1-3-10-12(8)16(20)22-14(10)18/h2*1-6H. The van der Waals surface area contributed by atoms with Gasteiger partial charge in [0.15, 0.2) is 0 Å². The SMILES string of the molecule is O=C1OC(=O)c2cc(-c3ccc4c(c3)C(=O)OC4=O)ccc21.O=C1OC(=O)c2cc(-c3cccc4c3C(=O)OC4=O)ccc21. The van der Waals surface area contributed by atoms with Crippen LogP contribution in [0.5, 0.6) is 0 Å². The lowest BCUT2D eigenvalue weighted by atomic mass is 9.94. The number of ether oxygens (including phenoxy) is 4. The minimum atomic E-state index is -0.729. The molecule has 0 aromatic heterocycles. The highest BCUT2D eigenvalue weighted by molar-refractivity contribution is 6.19. The smallest absolute Gasteiger partial charge is 0.347 e. The Balaban J connectivity index is 0.000000142. The van der Waals surface area contributed by atoms with Crippen LogP contribution in [0.25, 0.3) is 22.3 Å². The Morgan fingerprint density at radius 2 is 0.636 bits per heavy atom. The van der Waals surface area contributed by atoms with Crippen molar-refractivity contribution in [1.82, 2.24) is 0 Å². The van der Waals surface area contributed by atoms with Gasteiger partial charge in [-0.2, -0.15) is 0 Å². The van der Waals surface area contributed by atoms with Crippen LogP contribution in [0.15, 0.2) is 72.8 Å². The molecule has 12 nitrogen and oxygen atoms in total. The molecule has 0 aliphatic carbocycles. The average Bonchev–Trinajstić information content (AvgIpc) is 3.68. The molecule has 0 bridgehead atoms. The zero-order valence-corrected chi connectivity index (χ0v) is 21.8. The Morgan fingerprint density at radius 3 is 1.11 bits per heavy atom. The highest BCUT2D eigenvalue weighted by Gasteiger charge is 2.35. The summed E-state index contributed by atoms with van der Waals surface area (Å²) in [6.07, 6.45) is 0. The Morgan fingerprint density at radius 1 is 0.295 bits per heavy atom. The van der Waals surface area contributed by atoms with Gasteiger partial charge in [-0.15, -0.1) is 0 Å². The first-order valence-corrected chi connectivity index (χ1v) is 12.7. The predicted molar refractivity (Wildman–Crippen MR) is 143 cm³/mol. The number of benzene rings is 4. The Hall–Kier alpha value is -6.56. The van der Waals surface area contributed by atoms with Crippen molar-refractivity contribution in [3.8, 4) is 22.3 Å². The zero-order valence-electron chi connectivity index (χ0n) is 21.8.